The van der Waals surface area contributed by atoms with E-state index in [4.69, 9.17) is 0 Å². The first-order chi connectivity index (χ1) is 17.8. The Balaban J connectivity index is 0.00000336. The number of phenolic OH excluding ortho intramolecular Hbond substituents is 1. The highest BCUT2D eigenvalue weighted by Crippen LogP contribution is 2.36. The first-order valence-corrected chi connectivity index (χ1v) is 13.1. The molecule has 2 N–H and O–H groups in total. The molecule has 38 heavy (non-hydrogen) atoms. The van der Waals surface area contributed by atoms with Gasteiger partial charge in [0.25, 0.3) is 0 Å². The summed E-state index contributed by atoms with van der Waals surface area (Å²) in [7, 11) is 4.17. The van der Waals surface area contributed by atoms with E-state index in [2.05, 4.69) is 39.2 Å². The summed E-state index contributed by atoms with van der Waals surface area (Å²) in [6.45, 7) is 1.85. The average Bonchev–Trinajstić information content (AvgIpc) is 3.38. The fraction of sp³-hybridized carbons (Fsp3) is 0.259. The fourth-order valence-corrected chi connectivity index (χ4v) is 5.17. The zero-order valence-electron chi connectivity index (χ0n) is 20.9. The summed E-state index contributed by atoms with van der Waals surface area (Å²) in [5.41, 5.74) is 3.27. The van der Waals surface area contributed by atoms with Crippen LogP contribution in [-0.2, 0) is 16.8 Å². The number of nitrogens with zero attached hydrogens (tertiary/aromatic N) is 4. The number of likely N-dealkylation sites (N-methyl/N-ethyl adjacent to an activating group) is 1. The minimum absolute atomic E-state index is 0. The molecule has 0 spiro atoms. The van der Waals surface area contributed by atoms with Crippen LogP contribution < -0.4 is 10.2 Å². The molecule has 0 amide bonds. The van der Waals surface area contributed by atoms with E-state index in [1.807, 2.05) is 12.1 Å². The molecule has 11 heteroatoms. The molecule has 1 saturated heterocycles. The summed E-state index contributed by atoms with van der Waals surface area (Å²) in [5.74, 6) is -0.504. The van der Waals surface area contributed by atoms with Gasteiger partial charge in [0.1, 0.15) is 5.82 Å². The lowest BCUT2D eigenvalue weighted by molar-refractivity contribution is 0.315. The average molecular weight is 557 g/mol. The highest BCUT2D eigenvalue weighted by atomic mass is 35.5. The molecule has 5 rings (SSSR count). The lowest BCUT2D eigenvalue weighted by atomic mass is 10.0. The van der Waals surface area contributed by atoms with Gasteiger partial charge in [-0.15, -0.1) is 12.4 Å². The summed E-state index contributed by atoms with van der Waals surface area (Å²) < 4.78 is 37.2. The van der Waals surface area contributed by atoms with Crippen LogP contribution in [0.1, 0.15) is 12.0 Å². The largest absolute Gasteiger partial charge is 0.772 e. The number of para-hydroxylation sites is 1. The van der Waals surface area contributed by atoms with Crippen LogP contribution in [0, 0.1) is 5.82 Å². The molecular weight excluding hydrogens is 529 g/mol. The molecule has 1 aliphatic rings. The smallest absolute Gasteiger partial charge is 0.165 e. The predicted octanol–water partition coefficient (Wildman–Crippen LogP) is 4.83. The second kappa shape index (κ2) is 11.6. The molecule has 0 radical (unpaired) electrons. The number of hydrogen-bond acceptors (Lipinski definition) is 8. The Kier molecular flexibility index (Phi) is 8.47. The maximum Gasteiger partial charge on any atom is 0.165 e. The Morgan fingerprint density at radius 3 is 2.68 bits per heavy atom. The van der Waals surface area contributed by atoms with Crippen molar-refractivity contribution in [2.75, 3.05) is 37.4 Å². The maximum atomic E-state index is 14.0. The van der Waals surface area contributed by atoms with E-state index in [-0.39, 0.29) is 18.2 Å². The van der Waals surface area contributed by atoms with E-state index in [9.17, 15) is 18.3 Å². The van der Waals surface area contributed by atoms with Gasteiger partial charge in [0.15, 0.2) is 11.6 Å². The summed E-state index contributed by atoms with van der Waals surface area (Å²) in [6, 6.07) is 14.0. The molecule has 2 aromatic carbocycles. The number of rotatable bonds is 7. The predicted molar refractivity (Wildman–Crippen MR) is 150 cm³/mol. The van der Waals surface area contributed by atoms with Gasteiger partial charge in [0, 0.05) is 47.6 Å². The monoisotopic (exact) mass is 556 g/mol. The Morgan fingerprint density at radius 2 is 2.00 bits per heavy atom. The molecular formula is C27H28ClFN5O3S-. The molecule has 2 unspecified atom stereocenters. The zero-order valence-corrected chi connectivity index (χ0v) is 22.6. The minimum Gasteiger partial charge on any atom is -0.772 e. The second-order valence-electron chi connectivity index (χ2n) is 9.36. The van der Waals surface area contributed by atoms with Crippen molar-refractivity contribution in [1.82, 2.24) is 14.9 Å². The number of halogens is 2. The molecule has 0 saturated carbocycles. The number of fused-ring (bicyclic) bond motifs is 1. The highest BCUT2D eigenvalue weighted by Gasteiger charge is 2.24. The standard InChI is InChI=1S/C27H28FN5O3S.ClH/c1-32(2)20-10-11-33(15-20)25-9-7-19(14-30-25)31-26-18(16-37(35)36)13-29-24-8-6-17(12-22(24)26)21-4-3-5-23(28)27(21)34;/h3-9,12-14,20,34H,10-11,15-16H2,1-2H3,(H,29,31)(H,35,36);1H/p-1. The Morgan fingerprint density at radius 1 is 1.18 bits per heavy atom. The van der Waals surface area contributed by atoms with Gasteiger partial charge in [-0.05, 0) is 56.4 Å². The van der Waals surface area contributed by atoms with Crippen LogP contribution in [-0.4, -0.2) is 62.0 Å². The van der Waals surface area contributed by atoms with Crippen LogP contribution in [0.3, 0.4) is 0 Å². The Labute approximate surface area is 229 Å². The molecule has 2 atom stereocenters. The van der Waals surface area contributed by atoms with Crippen molar-refractivity contribution in [1.29, 1.82) is 0 Å². The van der Waals surface area contributed by atoms with Crippen LogP contribution in [0.15, 0.2) is 60.9 Å². The van der Waals surface area contributed by atoms with Crippen LogP contribution in [0.25, 0.3) is 22.0 Å². The van der Waals surface area contributed by atoms with Crippen molar-refractivity contribution in [3.8, 4) is 16.9 Å². The van der Waals surface area contributed by atoms with Crippen molar-refractivity contribution in [3.63, 3.8) is 0 Å². The third-order valence-corrected chi connectivity index (χ3v) is 7.30. The number of pyridine rings is 2. The molecule has 0 bridgehead atoms. The van der Waals surface area contributed by atoms with E-state index in [1.165, 1.54) is 18.3 Å². The van der Waals surface area contributed by atoms with E-state index in [0.29, 0.717) is 45.0 Å². The first-order valence-electron chi connectivity index (χ1n) is 11.9. The van der Waals surface area contributed by atoms with E-state index in [0.717, 1.165) is 25.3 Å². The van der Waals surface area contributed by atoms with E-state index in [1.54, 1.807) is 30.5 Å². The Bertz CT molecular complexity index is 1470. The van der Waals surface area contributed by atoms with Gasteiger partial charge >= 0.3 is 0 Å². The van der Waals surface area contributed by atoms with Gasteiger partial charge in [-0.1, -0.05) is 29.3 Å². The van der Waals surface area contributed by atoms with E-state index < -0.39 is 22.6 Å². The van der Waals surface area contributed by atoms with Crippen molar-refractivity contribution in [3.05, 3.63) is 72.3 Å². The van der Waals surface area contributed by atoms with Crippen LogP contribution in [0.4, 0.5) is 21.6 Å². The molecule has 3 heterocycles. The number of phenols is 1. The summed E-state index contributed by atoms with van der Waals surface area (Å²) in [6.07, 6.45) is 4.34. The summed E-state index contributed by atoms with van der Waals surface area (Å²) in [4.78, 5) is 13.5. The normalized spacial score (nSPS) is 16.0. The molecule has 0 aliphatic carbocycles. The van der Waals surface area contributed by atoms with Gasteiger partial charge in [-0.3, -0.25) is 9.19 Å². The zero-order chi connectivity index (χ0) is 26.1. The number of hydrogen-bond donors (Lipinski definition) is 2. The second-order valence-corrected chi connectivity index (χ2v) is 10.3. The van der Waals surface area contributed by atoms with Crippen LogP contribution >= 0.6 is 12.4 Å². The third-order valence-electron chi connectivity index (χ3n) is 6.75. The van der Waals surface area contributed by atoms with Gasteiger partial charge in [-0.2, -0.15) is 0 Å². The quantitative estimate of drug-likeness (QED) is 0.312. The molecule has 2 aromatic heterocycles. The van der Waals surface area contributed by atoms with Gasteiger partial charge < -0.3 is 24.8 Å². The van der Waals surface area contributed by atoms with Crippen molar-refractivity contribution >= 4 is 51.6 Å². The molecule has 8 nitrogen and oxygen atoms in total. The number of nitrogens with one attached hydrogen (secondary N) is 1. The van der Waals surface area contributed by atoms with Crippen LogP contribution in [0.5, 0.6) is 5.75 Å². The fourth-order valence-electron chi connectivity index (χ4n) is 4.70. The van der Waals surface area contributed by atoms with E-state index >= 15 is 0 Å². The Hall–Kier alpha value is -3.31. The van der Waals surface area contributed by atoms with Crippen molar-refractivity contribution in [2.45, 2.75) is 18.2 Å². The maximum absolute atomic E-state index is 14.0. The van der Waals surface area contributed by atoms with Gasteiger partial charge in [-0.25, -0.2) is 9.37 Å². The summed E-state index contributed by atoms with van der Waals surface area (Å²) in [5, 5.41) is 14.2. The number of anilines is 3. The third kappa shape index (κ3) is 5.73. The number of benzene rings is 2. The van der Waals surface area contributed by atoms with Gasteiger partial charge in [0.05, 0.1) is 23.1 Å². The molecule has 1 aliphatic heterocycles. The summed E-state index contributed by atoms with van der Waals surface area (Å²) >= 11 is -2.33. The lowest BCUT2D eigenvalue weighted by Gasteiger charge is -2.21. The highest BCUT2D eigenvalue weighted by molar-refractivity contribution is 7.78. The SMILES string of the molecule is CN(C)C1CCN(c2ccc(Nc3c(CS(=O)[O-])cnc4ccc(-c5cccc(F)c5O)cc34)cn2)C1.Cl. The lowest BCUT2D eigenvalue weighted by Crippen LogP contribution is -2.31. The molecule has 4 aromatic rings. The topological polar surface area (TPSA) is 105 Å². The number of aromatic nitrogens is 2. The van der Waals surface area contributed by atoms with Crippen LogP contribution in [0.2, 0.25) is 0 Å². The van der Waals surface area contributed by atoms with Crippen molar-refractivity contribution < 1.29 is 18.3 Å². The minimum atomic E-state index is -2.33. The number of aromatic hydroxyl groups is 1. The van der Waals surface area contributed by atoms with Crippen molar-refractivity contribution in [2.24, 2.45) is 0 Å². The first kappa shape index (κ1) is 27.7. The molecule has 1 fully saturated rings. The molecule has 200 valence electrons. The van der Waals surface area contributed by atoms with Gasteiger partial charge in [0.2, 0.25) is 0 Å².